The summed E-state index contributed by atoms with van der Waals surface area (Å²) >= 11 is 0. The molecular weight excluding hydrogens is 164 g/mol. The first-order valence-corrected chi connectivity index (χ1v) is 4.44. The lowest BCUT2D eigenvalue weighted by Crippen LogP contribution is -2.27. The fourth-order valence-electron chi connectivity index (χ4n) is 0.617. The summed E-state index contributed by atoms with van der Waals surface area (Å²) in [5.41, 5.74) is 0. The Kier molecular flexibility index (Phi) is 2.11. The van der Waals surface area contributed by atoms with Gasteiger partial charge in [0.05, 0.1) is 0 Å². The lowest BCUT2D eigenvalue weighted by molar-refractivity contribution is 0.555. The number of hydrogen-bond donors (Lipinski definition) is 1. The Hall–Kier alpha value is -1.07. The first-order chi connectivity index (χ1) is 5.11. The number of allylic oxidation sites excluding steroid dienone is 4. The fourth-order valence-corrected chi connectivity index (χ4v) is 1.10. The molecule has 0 atom stereocenters. The van der Waals surface area contributed by atoms with Crippen molar-refractivity contribution in [1.29, 1.82) is 0 Å². The van der Waals surface area contributed by atoms with Crippen molar-refractivity contribution in [2.75, 3.05) is 0 Å². The van der Waals surface area contributed by atoms with E-state index in [1.807, 2.05) is 0 Å². The van der Waals surface area contributed by atoms with Crippen LogP contribution in [0, 0.1) is 0 Å². The third kappa shape index (κ3) is 2.21. The van der Waals surface area contributed by atoms with Gasteiger partial charge in [0, 0.05) is 12.4 Å². The minimum Gasteiger partial charge on any atom is -0.241 e. The normalized spacial score (nSPS) is 17.0. The largest absolute Gasteiger partial charge is 0.302 e. The highest BCUT2D eigenvalue weighted by molar-refractivity contribution is 7.87. The molecule has 0 aromatic rings. The molecule has 0 saturated heterocycles. The molecule has 0 radical (unpaired) electrons. The van der Waals surface area contributed by atoms with Gasteiger partial charge in [-0.05, 0) is 12.2 Å². The number of nitrogens with two attached hydrogens (primary N) is 1. The molecule has 1 rings (SSSR count). The van der Waals surface area contributed by atoms with Crippen LogP contribution in [0.2, 0.25) is 0 Å². The Morgan fingerprint density at radius 1 is 1.00 bits per heavy atom. The van der Waals surface area contributed by atoms with E-state index >= 15 is 0 Å². The number of hydrogen-bond acceptors (Lipinski definition) is 2. The van der Waals surface area contributed by atoms with Crippen LogP contribution >= 0.6 is 0 Å². The summed E-state index contributed by atoms with van der Waals surface area (Å²) in [4.78, 5) is 0. The standard InChI is InChI=1S/C6H8N2O2S/c7-11(9,10)8-5-3-1-2-4-6-8/h1-6H,(H2,7,9,10). The van der Waals surface area contributed by atoms with E-state index in [1.54, 1.807) is 24.3 Å². The third-order valence-corrected chi connectivity index (χ3v) is 1.92. The molecule has 5 heteroatoms. The molecule has 1 heterocycles. The Morgan fingerprint density at radius 3 is 1.82 bits per heavy atom. The molecule has 0 fully saturated rings. The van der Waals surface area contributed by atoms with Crippen LogP contribution in [0.4, 0.5) is 0 Å². The van der Waals surface area contributed by atoms with Crippen molar-refractivity contribution in [1.82, 2.24) is 4.31 Å². The van der Waals surface area contributed by atoms with Crippen LogP contribution in [0.1, 0.15) is 0 Å². The molecule has 60 valence electrons. The van der Waals surface area contributed by atoms with Crippen LogP contribution in [0.25, 0.3) is 0 Å². The lowest BCUT2D eigenvalue weighted by Gasteiger charge is -2.09. The SMILES string of the molecule is NS(=O)(=O)N1C=CC=CC=C1. The Morgan fingerprint density at radius 2 is 1.45 bits per heavy atom. The number of rotatable bonds is 1. The van der Waals surface area contributed by atoms with Gasteiger partial charge in [-0.1, -0.05) is 12.2 Å². The van der Waals surface area contributed by atoms with Crippen LogP contribution < -0.4 is 5.14 Å². The molecule has 11 heavy (non-hydrogen) atoms. The third-order valence-electron chi connectivity index (χ3n) is 1.09. The summed E-state index contributed by atoms with van der Waals surface area (Å²) < 4.78 is 22.4. The van der Waals surface area contributed by atoms with Crippen LogP contribution in [0.5, 0.6) is 0 Å². The molecule has 0 spiro atoms. The minimum absolute atomic E-state index is 0.938. The summed E-state index contributed by atoms with van der Waals surface area (Å²) in [7, 11) is -3.63. The van der Waals surface area contributed by atoms with E-state index in [0.29, 0.717) is 0 Å². The van der Waals surface area contributed by atoms with Gasteiger partial charge in [0.25, 0.3) is 0 Å². The Labute approximate surface area is 65.5 Å². The van der Waals surface area contributed by atoms with Gasteiger partial charge in [-0.25, -0.2) is 9.44 Å². The lowest BCUT2D eigenvalue weighted by atomic mass is 10.5. The fraction of sp³-hybridized carbons (Fsp3) is 0. The second kappa shape index (κ2) is 2.89. The minimum atomic E-state index is -3.63. The topological polar surface area (TPSA) is 63.4 Å². The Bertz CT molecular complexity index is 297. The summed E-state index contributed by atoms with van der Waals surface area (Å²) in [5, 5.41) is 4.85. The molecule has 2 N–H and O–H groups in total. The van der Waals surface area contributed by atoms with Gasteiger partial charge in [-0.3, -0.25) is 0 Å². The quantitative estimate of drug-likeness (QED) is 0.609. The maximum absolute atomic E-state index is 10.7. The molecule has 0 aliphatic carbocycles. The smallest absolute Gasteiger partial charge is 0.241 e. The van der Waals surface area contributed by atoms with Gasteiger partial charge in [0.2, 0.25) is 0 Å². The van der Waals surface area contributed by atoms with Crippen molar-refractivity contribution in [3.05, 3.63) is 36.7 Å². The monoisotopic (exact) mass is 172 g/mol. The molecule has 0 aromatic heterocycles. The van der Waals surface area contributed by atoms with Crippen molar-refractivity contribution >= 4 is 10.2 Å². The average molecular weight is 172 g/mol. The maximum atomic E-state index is 10.7. The second-order valence-corrected chi connectivity index (χ2v) is 3.39. The van der Waals surface area contributed by atoms with E-state index in [1.165, 1.54) is 12.4 Å². The molecule has 0 saturated carbocycles. The van der Waals surface area contributed by atoms with E-state index in [0.717, 1.165) is 4.31 Å². The number of nitrogens with zero attached hydrogens (tertiary/aromatic N) is 1. The highest BCUT2D eigenvalue weighted by Gasteiger charge is 2.07. The van der Waals surface area contributed by atoms with Crippen molar-refractivity contribution in [3.8, 4) is 0 Å². The molecule has 0 unspecified atom stereocenters. The zero-order valence-electron chi connectivity index (χ0n) is 5.71. The molecule has 0 aromatic carbocycles. The zero-order valence-corrected chi connectivity index (χ0v) is 6.53. The van der Waals surface area contributed by atoms with Crippen molar-refractivity contribution in [3.63, 3.8) is 0 Å². The summed E-state index contributed by atoms with van der Waals surface area (Å²) in [6.07, 6.45) is 9.34. The van der Waals surface area contributed by atoms with E-state index < -0.39 is 10.2 Å². The predicted molar refractivity (Wildman–Crippen MR) is 42.4 cm³/mol. The predicted octanol–water partition coefficient (Wildman–Crippen LogP) is 0.0891. The molecule has 1 aliphatic heterocycles. The first-order valence-electron chi connectivity index (χ1n) is 2.93. The summed E-state index contributed by atoms with van der Waals surface area (Å²) in [5.74, 6) is 0. The summed E-state index contributed by atoms with van der Waals surface area (Å²) in [6.45, 7) is 0. The van der Waals surface area contributed by atoms with Crippen LogP contribution in [0.15, 0.2) is 36.7 Å². The van der Waals surface area contributed by atoms with Gasteiger partial charge < -0.3 is 0 Å². The molecule has 1 aliphatic rings. The zero-order chi connectivity index (χ0) is 8.32. The van der Waals surface area contributed by atoms with Gasteiger partial charge in [0.15, 0.2) is 0 Å². The summed E-state index contributed by atoms with van der Waals surface area (Å²) in [6, 6.07) is 0. The van der Waals surface area contributed by atoms with E-state index in [2.05, 4.69) is 0 Å². The second-order valence-electron chi connectivity index (χ2n) is 1.94. The van der Waals surface area contributed by atoms with E-state index in [-0.39, 0.29) is 0 Å². The van der Waals surface area contributed by atoms with Gasteiger partial charge >= 0.3 is 10.2 Å². The van der Waals surface area contributed by atoms with Gasteiger partial charge in [-0.2, -0.15) is 8.42 Å². The van der Waals surface area contributed by atoms with Crippen LogP contribution in [-0.4, -0.2) is 12.7 Å². The van der Waals surface area contributed by atoms with Crippen LogP contribution in [0.3, 0.4) is 0 Å². The molecule has 0 bridgehead atoms. The molecule has 4 nitrogen and oxygen atoms in total. The van der Waals surface area contributed by atoms with Gasteiger partial charge in [-0.15, -0.1) is 0 Å². The van der Waals surface area contributed by atoms with E-state index in [9.17, 15) is 8.42 Å². The van der Waals surface area contributed by atoms with Crippen molar-refractivity contribution in [2.24, 2.45) is 5.14 Å². The van der Waals surface area contributed by atoms with E-state index in [4.69, 9.17) is 5.14 Å². The van der Waals surface area contributed by atoms with Crippen molar-refractivity contribution < 1.29 is 8.42 Å². The average Bonchev–Trinajstić information content (AvgIpc) is 2.10. The Balaban J connectivity index is 2.93. The molecular formula is C6H8N2O2S. The van der Waals surface area contributed by atoms with Crippen molar-refractivity contribution in [2.45, 2.75) is 0 Å². The van der Waals surface area contributed by atoms with Crippen LogP contribution in [-0.2, 0) is 10.2 Å². The highest BCUT2D eigenvalue weighted by atomic mass is 32.2. The van der Waals surface area contributed by atoms with Gasteiger partial charge in [0.1, 0.15) is 0 Å². The first kappa shape index (κ1) is 8.03. The maximum Gasteiger partial charge on any atom is 0.302 e. The highest BCUT2D eigenvalue weighted by Crippen LogP contribution is 2.00. The molecule has 0 amide bonds.